The molecule has 2 aromatic carbocycles. The Morgan fingerprint density at radius 1 is 1.15 bits per heavy atom. The number of benzene rings is 2. The second kappa shape index (κ2) is 7.27. The molecule has 1 aliphatic carbocycles. The van der Waals surface area contributed by atoms with E-state index < -0.39 is 5.91 Å². The molecule has 2 aliphatic rings. The number of hydrazine groups is 1. The number of anilines is 1. The molecule has 1 heterocycles. The van der Waals surface area contributed by atoms with Crippen LogP contribution < -0.4 is 15.2 Å². The van der Waals surface area contributed by atoms with Gasteiger partial charge < -0.3 is 4.74 Å². The Morgan fingerprint density at radius 2 is 1.93 bits per heavy atom. The number of aryl methyl sites for hydroxylation is 1. The lowest BCUT2D eigenvalue weighted by molar-refractivity contribution is -0.117. The molecule has 1 N–H and O–H groups in total. The van der Waals surface area contributed by atoms with Crippen molar-refractivity contribution in [2.75, 3.05) is 11.6 Å². The molecular formula is C22H22N2O3. The number of para-hydroxylation sites is 1. The van der Waals surface area contributed by atoms with Crippen LogP contribution in [0.1, 0.15) is 30.4 Å². The highest BCUT2D eigenvalue weighted by atomic mass is 16.5. The van der Waals surface area contributed by atoms with Gasteiger partial charge in [0, 0.05) is 0 Å². The fourth-order valence-corrected chi connectivity index (χ4v) is 3.27. The summed E-state index contributed by atoms with van der Waals surface area (Å²) in [6, 6.07) is 14.8. The van der Waals surface area contributed by atoms with Gasteiger partial charge in [-0.05, 0) is 67.2 Å². The predicted octanol–water partition coefficient (Wildman–Crippen LogP) is 3.64. The van der Waals surface area contributed by atoms with Crippen molar-refractivity contribution in [3.63, 3.8) is 0 Å². The first kappa shape index (κ1) is 17.3. The molecule has 1 aliphatic heterocycles. The Balaban J connectivity index is 1.51. The Bertz CT molecular complexity index is 901. The highest BCUT2D eigenvalue weighted by Crippen LogP contribution is 2.29. The maximum absolute atomic E-state index is 12.6. The average molecular weight is 362 g/mol. The molecule has 0 bridgehead atoms. The summed E-state index contributed by atoms with van der Waals surface area (Å²) in [5.41, 5.74) is 5.17. The van der Waals surface area contributed by atoms with Crippen molar-refractivity contribution in [2.24, 2.45) is 5.92 Å². The molecule has 2 fully saturated rings. The SMILES string of the molecule is Cc1cc(/C=C2\C(=O)NN(c3ccccc3)C2=O)ccc1OCC1CCC1. The van der Waals surface area contributed by atoms with Crippen LogP contribution in [-0.2, 0) is 9.59 Å². The molecular weight excluding hydrogens is 340 g/mol. The molecule has 1 saturated heterocycles. The van der Waals surface area contributed by atoms with Gasteiger partial charge in [0.05, 0.1) is 12.3 Å². The topological polar surface area (TPSA) is 58.6 Å². The number of ether oxygens (including phenoxy) is 1. The molecule has 2 amide bonds. The van der Waals surface area contributed by atoms with Crippen LogP contribution in [0.5, 0.6) is 5.75 Å². The lowest BCUT2D eigenvalue weighted by Crippen LogP contribution is -2.35. The smallest absolute Gasteiger partial charge is 0.282 e. The summed E-state index contributed by atoms with van der Waals surface area (Å²) in [5.74, 6) is 0.785. The van der Waals surface area contributed by atoms with Crippen LogP contribution in [0.25, 0.3) is 6.08 Å². The molecule has 5 heteroatoms. The van der Waals surface area contributed by atoms with E-state index in [4.69, 9.17) is 4.74 Å². The fourth-order valence-electron chi connectivity index (χ4n) is 3.27. The minimum atomic E-state index is -0.396. The summed E-state index contributed by atoms with van der Waals surface area (Å²) in [5, 5.41) is 1.27. The van der Waals surface area contributed by atoms with Crippen molar-refractivity contribution in [1.82, 2.24) is 5.43 Å². The molecule has 0 spiro atoms. The zero-order chi connectivity index (χ0) is 18.8. The van der Waals surface area contributed by atoms with Crippen molar-refractivity contribution < 1.29 is 14.3 Å². The summed E-state index contributed by atoms with van der Waals surface area (Å²) in [6.07, 6.45) is 5.43. The molecule has 1 saturated carbocycles. The summed E-state index contributed by atoms with van der Waals surface area (Å²) >= 11 is 0. The summed E-state index contributed by atoms with van der Waals surface area (Å²) in [6.45, 7) is 2.74. The van der Waals surface area contributed by atoms with Gasteiger partial charge >= 0.3 is 0 Å². The number of amides is 2. The highest BCUT2D eigenvalue weighted by Gasteiger charge is 2.34. The van der Waals surface area contributed by atoms with Crippen molar-refractivity contribution in [1.29, 1.82) is 0 Å². The van der Waals surface area contributed by atoms with E-state index in [1.165, 1.54) is 24.3 Å². The number of hydrogen-bond donors (Lipinski definition) is 1. The molecule has 27 heavy (non-hydrogen) atoms. The third-order valence-electron chi connectivity index (χ3n) is 5.12. The second-order valence-corrected chi connectivity index (χ2v) is 7.11. The van der Waals surface area contributed by atoms with Crippen LogP contribution in [0, 0.1) is 12.8 Å². The van der Waals surface area contributed by atoms with Crippen molar-refractivity contribution in [3.05, 3.63) is 65.2 Å². The third-order valence-corrected chi connectivity index (χ3v) is 5.12. The van der Waals surface area contributed by atoms with E-state index in [9.17, 15) is 9.59 Å². The van der Waals surface area contributed by atoms with E-state index >= 15 is 0 Å². The van der Waals surface area contributed by atoms with E-state index in [1.807, 2.05) is 43.3 Å². The Morgan fingerprint density at radius 3 is 2.59 bits per heavy atom. The van der Waals surface area contributed by atoms with E-state index in [1.54, 1.807) is 18.2 Å². The molecule has 2 aromatic rings. The predicted molar refractivity (Wildman–Crippen MR) is 104 cm³/mol. The molecule has 0 atom stereocenters. The maximum atomic E-state index is 12.6. The number of nitrogens with zero attached hydrogens (tertiary/aromatic N) is 1. The van der Waals surface area contributed by atoms with Gasteiger partial charge in [0.2, 0.25) is 0 Å². The van der Waals surface area contributed by atoms with Crippen LogP contribution in [0.2, 0.25) is 0 Å². The van der Waals surface area contributed by atoms with Crippen LogP contribution in [0.15, 0.2) is 54.1 Å². The van der Waals surface area contributed by atoms with Crippen molar-refractivity contribution in [2.45, 2.75) is 26.2 Å². The van der Waals surface area contributed by atoms with E-state index in [2.05, 4.69) is 5.43 Å². The first-order valence-electron chi connectivity index (χ1n) is 9.27. The number of carbonyl (C=O) groups is 2. The van der Waals surface area contributed by atoms with Crippen molar-refractivity contribution in [3.8, 4) is 5.75 Å². The van der Waals surface area contributed by atoms with Crippen LogP contribution >= 0.6 is 0 Å². The minimum Gasteiger partial charge on any atom is -0.493 e. The normalized spacial score (nSPS) is 18.6. The molecule has 5 nitrogen and oxygen atoms in total. The molecule has 0 radical (unpaired) electrons. The van der Waals surface area contributed by atoms with Gasteiger partial charge in [0.25, 0.3) is 11.8 Å². The van der Waals surface area contributed by atoms with Gasteiger partial charge in [-0.3, -0.25) is 15.0 Å². The number of rotatable bonds is 5. The Hall–Kier alpha value is -3.08. The summed E-state index contributed by atoms with van der Waals surface area (Å²) in [7, 11) is 0. The zero-order valence-corrected chi connectivity index (χ0v) is 15.3. The summed E-state index contributed by atoms with van der Waals surface area (Å²) in [4.78, 5) is 24.9. The quantitative estimate of drug-likeness (QED) is 0.653. The van der Waals surface area contributed by atoms with Gasteiger partial charge in [0.15, 0.2) is 0 Å². The number of carbonyl (C=O) groups excluding carboxylic acids is 2. The lowest BCUT2D eigenvalue weighted by atomic mass is 9.86. The lowest BCUT2D eigenvalue weighted by Gasteiger charge is -2.25. The van der Waals surface area contributed by atoms with E-state index in [0.717, 1.165) is 23.5 Å². The average Bonchev–Trinajstić information content (AvgIpc) is 2.91. The summed E-state index contributed by atoms with van der Waals surface area (Å²) < 4.78 is 5.91. The van der Waals surface area contributed by atoms with Gasteiger partial charge in [-0.25, -0.2) is 5.01 Å². The van der Waals surface area contributed by atoms with E-state index in [-0.39, 0.29) is 11.5 Å². The fraction of sp³-hybridized carbons (Fsp3) is 0.273. The van der Waals surface area contributed by atoms with Crippen LogP contribution in [0.3, 0.4) is 0 Å². The number of hydrogen-bond acceptors (Lipinski definition) is 3. The third kappa shape index (κ3) is 3.58. The van der Waals surface area contributed by atoms with Gasteiger partial charge in [0.1, 0.15) is 11.3 Å². The molecule has 4 rings (SSSR count). The largest absolute Gasteiger partial charge is 0.493 e. The van der Waals surface area contributed by atoms with Crippen LogP contribution in [-0.4, -0.2) is 18.4 Å². The van der Waals surface area contributed by atoms with Crippen LogP contribution in [0.4, 0.5) is 5.69 Å². The van der Waals surface area contributed by atoms with Crippen molar-refractivity contribution >= 4 is 23.6 Å². The maximum Gasteiger partial charge on any atom is 0.282 e. The van der Waals surface area contributed by atoms with E-state index in [0.29, 0.717) is 11.6 Å². The molecule has 138 valence electrons. The monoisotopic (exact) mass is 362 g/mol. The molecule has 0 aromatic heterocycles. The first-order chi connectivity index (χ1) is 13.1. The minimum absolute atomic E-state index is 0.126. The number of nitrogens with one attached hydrogen (secondary N) is 1. The molecule has 0 unspecified atom stereocenters. The van der Waals surface area contributed by atoms with Gasteiger partial charge in [-0.15, -0.1) is 0 Å². The highest BCUT2D eigenvalue weighted by molar-refractivity contribution is 6.31. The van der Waals surface area contributed by atoms with Gasteiger partial charge in [-0.2, -0.15) is 0 Å². The Kier molecular flexibility index (Phi) is 4.67. The zero-order valence-electron chi connectivity index (χ0n) is 15.3. The Labute approximate surface area is 158 Å². The second-order valence-electron chi connectivity index (χ2n) is 7.11. The first-order valence-corrected chi connectivity index (χ1v) is 9.27. The standard InChI is InChI=1S/C22H22N2O3/c1-15-12-17(10-11-20(15)27-14-16-6-5-7-16)13-19-21(25)23-24(22(19)26)18-8-3-2-4-9-18/h2-4,8-13,16H,5-7,14H2,1H3,(H,23,25)/b19-13+. The van der Waals surface area contributed by atoms with Gasteiger partial charge in [-0.1, -0.05) is 30.7 Å².